The monoisotopic (exact) mass is 586 g/mol. The van der Waals surface area contributed by atoms with Crippen molar-refractivity contribution in [1.29, 1.82) is 0 Å². The Labute approximate surface area is 198 Å². The van der Waals surface area contributed by atoms with Gasteiger partial charge in [0.25, 0.3) is 0 Å². The summed E-state index contributed by atoms with van der Waals surface area (Å²) in [4.78, 5) is 0. The van der Waals surface area contributed by atoms with E-state index in [1.807, 2.05) is 0 Å². The van der Waals surface area contributed by atoms with Crippen LogP contribution in [0.15, 0.2) is 24.3 Å². The first-order chi connectivity index (χ1) is 15.5. The molecule has 0 saturated heterocycles. The third-order valence-electron chi connectivity index (χ3n) is 6.21. The molecule has 0 aliphatic heterocycles. The Morgan fingerprint density at radius 2 is 1.30 bits per heavy atom. The first-order valence-electron chi connectivity index (χ1n) is 11.7. The van der Waals surface area contributed by atoms with E-state index < -0.39 is 40.6 Å². The van der Waals surface area contributed by atoms with E-state index in [-0.39, 0.29) is 0 Å². The molecule has 0 bridgehead atoms. The summed E-state index contributed by atoms with van der Waals surface area (Å²) >= 11 is -3.39. The summed E-state index contributed by atoms with van der Waals surface area (Å²) in [6.07, 6.45) is 1.05. The van der Waals surface area contributed by atoms with E-state index in [0.29, 0.717) is 11.3 Å². The standard InChI is InChI=1S/C13H9F6O.3C4H9.Sn/c1-20-10-6-4-9(5-7-10)3-2-8-12(16,17)13(18,19)11(14)15;3*1-3-4-2;/h3-7,11H,1H3;3*1,3-4H2,2H3;. The summed E-state index contributed by atoms with van der Waals surface area (Å²) < 4.78 is 88.2. The maximum atomic E-state index is 14.2. The number of hydrogen-bond donors (Lipinski definition) is 0. The molecule has 0 heterocycles. The number of alkyl halides is 6. The molecule has 33 heavy (non-hydrogen) atoms. The summed E-state index contributed by atoms with van der Waals surface area (Å²) in [5.41, 5.74) is 0.693. The molecule has 188 valence electrons. The van der Waals surface area contributed by atoms with Crippen LogP contribution in [-0.4, -0.2) is 43.8 Å². The predicted octanol–water partition coefficient (Wildman–Crippen LogP) is 8.71. The van der Waals surface area contributed by atoms with Gasteiger partial charge in [-0.3, -0.25) is 0 Å². The van der Waals surface area contributed by atoms with Crippen LogP contribution in [0.5, 0.6) is 5.75 Å². The van der Waals surface area contributed by atoms with Crippen molar-refractivity contribution >= 4 is 18.4 Å². The molecule has 1 rings (SSSR count). The molecule has 1 aromatic rings. The first kappa shape index (κ1) is 30.0. The zero-order valence-corrected chi connectivity index (χ0v) is 22.9. The molecular formula is C25H36F6OSn. The van der Waals surface area contributed by atoms with Gasteiger partial charge in [-0.25, -0.2) is 0 Å². The number of hydrogen-bond acceptors (Lipinski definition) is 1. The van der Waals surface area contributed by atoms with Gasteiger partial charge in [-0.2, -0.15) is 0 Å². The third-order valence-corrected chi connectivity index (χ3v) is 22.6. The predicted molar refractivity (Wildman–Crippen MR) is 124 cm³/mol. The summed E-state index contributed by atoms with van der Waals surface area (Å²) in [5.74, 6) is -6.20. The van der Waals surface area contributed by atoms with E-state index >= 15 is 0 Å². The molecule has 0 radical (unpaired) electrons. The van der Waals surface area contributed by atoms with Crippen LogP contribution in [-0.2, 0) is 0 Å². The molecule has 0 spiro atoms. The van der Waals surface area contributed by atoms with Crippen LogP contribution >= 0.6 is 0 Å². The third kappa shape index (κ3) is 8.00. The van der Waals surface area contributed by atoms with E-state index in [2.05, 4.69) is 26.7 Å². The van der Waals surface area contributed by atoms with Gasteiger partial charge in [-0.1, -0.05) is 0 Å². The Kier molecular flexibility index (Phi) is 12.5. The molecule has 0 N–H and O–H groups in total. The normalized spacial score (nSPS) is 13.5. The molecule has 0 saturated carbocycles. The fourth-order valence-corrected chi connectivity index (χ4v) is 21.5. The molecule has 0 aliphatic carbocycles. The maximum absolute atomic E-state index is 14.2. The molecule has 0 aliphatic rings. The van der Waals surface area contributed by atoms with Gasteiger partial charge in [0.1, 0.15) is 0 Å². The number of ether oxygens (including phenoxy) is 1. The second-order valence-electron chi connectivity index (χ2n) is 8.65. The molecule has 0 aromatic heterocycles. The van der Waals surface area contributed by atoms with Crippen molar-refractivity contribution in [3.63, 3.8) is 0 Å². The fraction of sp³-hybridized carbons (Fsp3) is 0.680. The summed E-state index contributed by atoms with van der Waals surface area (Å²) in [7, 11) is 1.51. The van der Waals surface area contributed by atoms with Crippen molar-refractivity contribution in [3.8, 4) is 17.6 Å². The van der Waals surface area contributed by atoms with Crippen molar-refractivity contribution in [2.24, 2.45) is 0 Å². The molecular weight excluding hydrogens is 549 g/mol. The Morgan fingerprint density at radius 1 is 0.848 bits per heavy atom. The molecule has 1 aromatic carbocycles. The molecule has 1 unspecified atom stereocenters. The van der Waals surface area contributed by atoms with Crippen LogP contribution in [0.25, 0.3) is 0 Å². The molecule has 1 atom stereocenters. The van der Waals surface area contributed by atoms with E-state index in [9.17, 15) is 26.3 Å². The number of halogens is 6. The first-order valence-corrected chi connectivity index (χ1v) is 19.4. The van der Waals surface area contributed by atoms with Crippen molar-refractivity contribution in [2.45, 2.75) is 94.8 Å². The number of benzene rings is 1. The van der Waals surface area contributed by atoms with Gasteiger partial charge in [-0.15, -0.1) is 0 Å². The van der Waals surface area contributed by atoms with E-state index in [1.165, 1.54) is 13.0 Å². The molecule has 0 fully saturated rings. The van der Waals surface area contributed by atoms with Gasteiger partial charge >= 0.3 is 199 Å². The van der Waals surface area contributed by atoms with Crippen LogP contribution in [0, 0.1) is 11.8 Å². The summed E-state index contributed by atoms with van der Waals surface area (Å²) in [6.45, 7) is 6.17. The second kappa shape index (κ2) is 13.7. The number of methoxy groups -OCH3 is 1. The average Bonchev–Trinajstić information content (AvgIpc) is 2.79. The van der Waals surface area contributed by atoms with Crippen molar-refractivity contribution < 1.29 is 31.1 Å². The van der Waals surface area contributed by atoms with Gasteiger partial charge < -0.3 is 0 Å². The van der Waals surface area contributed by atoms with Crippen molar-refractivity contribution in [3.05, 3.63) is 29.8 Å². The zero-order chi connectivity index (χ0) is 25.1. The zero-order valence-electron chi connectivity index (χ0n) is 20.0. The minimum absolute atomic E-state index is 0.580. The molecule has 8 heteroatoms. The SMILES string of the molecule is CCC[CH2][Sn]([CH2]CCC)([CH2]CCC)[CH](C#CC(F)(F)C(F)(F)C(F)F)c1ccc(OC)cc1. The Morgan fingerprint density at radius 3 is 1.67 bits per heavy atom. The Balaban J connectivity index is 3.68. The van der Waals surface area contributed by atoms with Crippen LogP contribution in [0.2, 0.25) is 13.3 Å². The van der Waals surface area contributed by atoms with Gasteiger partial charge in [0.2, 0.25) is 0 Å². The van der Waals surface area contributed by atoms with Crippen LogP contribution < -0.4 is 4.74 Å². The van der Waals surface area contributed by atoms with Crippen molar-refractivity contribution in [2.75, 3.05) is 7.11 Å². The topological polar surface area (TPSA) is 9.23 Å². The van der Waals surface area contributed by atoms with Crippen LogP contribution in [0.1, 0.15) is 68.8 Å². The quantitative estimate of drug-likeness (QED) is 0.121. The van der Waals surface area contributed by atoms with E-state index in [4.69, 9.17) is 4.74 Å². The Hall–Kier alpha value is -1.04. The van der Waals surface area contributed by atoms with Gasteiger partial charge in [0.15, 0.2) is 0 Å². The van der Waals surface area contributed by atoms with Gasteiger partial charge in [0.05, 0.1) is 0 Å². The molecule has 1 nitrogen and oxygen atoms in total. The Bertz CT molecular complexity index is 733. The van der Waals surface area contributed by atoms with Gasteiger partial charge in [-0.05, 0) is 0 Å². The average molecular weight is 585 g/mol. The number of unbranched alkanes of at least 4 members (excludes halogenated alkanes) is 3. The second-order valence-corrected chi connectivity index (χ2v) is 22.4. The molecule has 0 amide bonds. The minimum atomic E-state index is -5.50. The summed E-state index contributed by atoms with van der Waals surface area (Å²) in [5, 5.41) is 0. The van der Waals surface area contributed by atoms with Crippen LogP contribution in [0.3, 0.4) is 0 Å². The number of rotatable bonds is 14. The van der Waals surface area contributed by atoms with Gasteiger partial charge in [0, 0.05) is 0 Å². The summed E-state index contributed by atoms with van der Waals surface area (Å²) in [6, 6.07) is 6.90. The van der Waals surface area contributed by atoms with E-state index in [1.54, 1.807) is 24.3 Å². The van der Waals surface area contributed by atoms with Crippen LogP contribution in [0.4, 0.5) is 26.3 Å². The fourth-order valence-electron chi connectivity index (χ4n) is 4.16. The van der Waals surface area contributed by atoms with Crippen molar-refractivity contribution in [1.82, 2.24) is 0 Å². The van der Waals surface area contributed by atoms with E-state index in [0.717, 1.165) is 51.8 Å².